The maximum atomic E-state index is 2.89. The molecule has 2 atom stereocenters. The molecule has 92 valence electrons. The Morgan fingerprint density at radius 1 is 1.06 bits per heavy atom. The molecule has 0 aromatic heterocycles. The van der Waals surface area contributed by atoms with Crippen molar-refractivity contribution in [1.82, 2.24) is 0 Å². The number of rotatable bonds is 5. The Balaban J connectivity index is 0.00000225. The van der Waals surface area contributed by atoms with Gasteiger partial charge in [0.2, 0.25) is 0 Å². The maximum absolute atomic E-state index is 2.89. The molecular formula is C14H25OP. The Kier molecular flexibility index (Phi) is 7.62. The monoisotopic (exact) mass is 240 g/mol. The summed E-state index contributed by atoms with van der Waals surface area (Å²) < 4.78 is 0. The van der Waals surface area contributed by atoms with E-state index in [2.05, 4.69) is 54.3 Å². The molecule has 1 aromatic carbocycles. The summed E-state index contributed by atoms with van der Waals surface area (Å²) in [5, 5.41) is 0. The van der Waals surface area contributed by atoms with Crippen molar-refractivity contribution >= 4 is 9.24 Å². The largest absolute Gasteiger partial charge is 0.412 e. The fourth-order valence-electron chi connectivity index (χ4n) is 1.79. The van der Waals surface area contributed by atoms with Gasteiger partial charge in [-0.3, -0.25) is 0 Å². The summed E-state index contributed by atoms with van der Waals surface area (Å²) in [6, 6.07) is 9.00. The van der Waals surface area contributed by atoms with Gasteiger partial charge in [0, 0.05) is 0 Å². The van der Waals surface area contributed by atoms with Crippen LogP contribution in [0.3, 0.4) is 0 Å². The highest BCUT2D eigenvalue weighted by Crippen LogP contribution is 2.25. The summed E-state index contributed by atoms with van der Waals surface area (Å²) in [4.78, 5) is 0. The standard InChI is InChI=1S/C14H23P.H2O/c1-11(2)4-7-14(10-15)13-8-5-12(3)6-9-13;/h5-6,8-9,11,14H,4,7,10,15H2,1-3H3;1H2. The minimum absolute atomic E-state index is 0. The van der Waals surface area contributed by atoms with Crippen LogP contribution < -0.4 is 0 Å². The third-order valence-electron chi connectivity index (χ3n) is 2.93. The molecule has 16 heavy (non-hydrogen) atoms. The van der Waals surface area contributed by atoms with E-state index in [9.17, 15) is 0 Å². The van der Waals surface area contributed by atoms with Crippen LogP contribution in [-0.2, 0) is 0 Å². The average molecular weight is 240 g/mol. The van der Waals surface area contributed by atoms with Crippen LogP contribution in [0.4, 0.5) is 0 Å². The third-order valence-corrected chi connectivity index (χ3v) is 3.49. The van der Waals surface area contributed by atoms with E-state index >= 15 is 0 Å². The minimum atomic E-state index is 0. The first-order valence-electron chi connectivity index (χ1n) is 5.90. The minimum Gasteiger partial charge on any atom is -0.412 e. The highest BCUT2D eigenvalue weighted by atomic mass is 31.0. The highest BCUT2D eigenvalue weighted by molar-refractivity contribution is 7.16. The molecule has 0 radical (unpaired) electrons. The fourth-order valence-corrected chi connectivity index (χ4v) is 2.30. The molecule has 0 aliphatic rings. The second kappa shape index (κ2) is 7.81. The van der Waals surface area contributed by atoms with Crippen LogP contribution in [0.25, 0.3) is 0 Å². The zero-order valence-corrected chi connectivity index (χ0v) is 11.8. The molecule has 0 aliphatic heterocycles. The van der Waals surface area contributed by atoms with Gasteiger partial charge in [0.15, 0.2) is 0 Å². The molecule has 0 bridgehead atoms. The lowest BCUT2D eigenvalue weighted by Gasteiger charge is -2.16. The van der Waals surface area contributed by atoms with Gasteiger partial charge in [0.05, 0.1) is 0 Å². The van der Waals surface area contributed by atoms with E-state index < -0.39 is 0 Å². The molecule has 0 fully saturated rings. The Morgan fingerprint density at radius 2 is 1.62 bits per heavy atom. The predicted molar refractivity (Wildman–Crippen MR) is 76.2 cm³/mol. The lowest BCUT2D eigenvalue weighted by atomic mass is 9.92. The van der Waals surface area contributed by atoms with Crippen molar-refractivity contribution in [1.29, 1.82) is 0 Å². The Morgan fingerprint density at radius 3 is 2.06 bits per heavy atom. The van der Waals surface area contributed by atoms with Gasteiger partial charge in [0.25, 0.3) is 0 Å². The first-order valence-corrected chi connectivity index (χ1v) is 6.71. The van der Waals surface area contributed by atoms with Crippen LogP contribution in [0.1, 0.15) is 43.7 Å². The summed E-state index contributed by atoms with van der Waals surface area (Å²) >= 11 is 0. The molecule has 1 aromatic rings. The smallest absolute Gasteiger partial charge is 0.0127 e. The van der Waals surface area contributed by atoms with Crippen LogP contribution in [0.2, 0.25) is 0 Å². The summed E-state index contributed by atoms with van der Waals surface area (Å²) in [6.45, 7) is 6.75. The molecule has 0 saturated heterocycles. The van der Waals surface area contributed by atoms with E-state index in [0.717, 1.165) is 11.8 Å². The van der Waals surface area contributed by atoms with E-state index in [0.29, 0.717) is 0 Å². The van der Waals surface area contributed by atoms with Crippen molar-refractivity contribution in [2.24, 2.45) is 5.92 Å². The van der Waals surface area contributed by atoms with Gasteiger partial charge in [-0.2, -0.15) is 0 Å². The number of hydrogen-bond donors (Lipinski definition) is 0. The molecule has 1 nitrogen and oxygen atoms in total. The summed E-state index contributed by atoms with van der Waals surface area (Å²) in [5.41, 5.74) is 2.85. The Hall–Kier alpha value is -0.390. The predicted octanol–water partition coefficient (Wildman–Crippen LogP) is 3.57. The average Bonchev–Trinajstić information content (AvgIpc) is 2.21. The third kappa shape index (κ3) is 5.09. The van der Waals surface area contributed by atoms with Gasteiger partial charge in [-0.05, 0) is 36.9 Å². The van der Waals surface area contributed by atoms with Crippen molar-refractivity contribution in [3.8, 4) is 0 Å². The normalized spacial score (nSPS) is 12.3. The molecular weight excluding hydrogens is 215 g/mol. The van der Waals surface area contributed by atoms with Crippen molar-refractivity contribution in [3.63, 3.8) is 0 Å². The van der Waals surface area contributed by atoms with Crippen LogP contribution >= 0.6 is 9.24 Å². The van der Waals surface area contributed by atoms with Crippen LogP contribution in [0.5, 0.6) is 0 Å². The zero-order valence-electron chi connectivity index (χ0n) is 10.7. The molecule has 1 rings (SSSR count). The summed E-state index contributed by atoms with van der Waals surface area (Å²) in [7, 11) is 2.89. The molecule has 0 amide bonds. The number of hydrogen-bond acceptors (Lipinski definition) is 0. The molecule has 0 heterocycles. The molecule has 0 spiro atoms. The first-order chi connectivity index (χ1) is 7.13. The van der Waals surface area contributed by atoms with Gasteiger partial charge in [-0.15, -0.1) is 9.24 Å². The molecule has 2 heteroatoms. The SMILES string of the molecule is Cc1ccc(C(CP)CCC(C)C)cc1.O. The lowest BCUT2D eigenvalue weighted by molar-refractivity contribution is 0.520. The van der Waals surface area contributed by atoms with Crippen LogP contribution in [-0.4, -0.2) is 11.6 Å². The maximum Gasteiger partial charge on any atom is -0.0127 e. The number of aryl methyl sites for hydroxylation is 1. The van der Waals surface area contributed by atoms with Gasteiger partial charge < -0.3 is 5.48 Å². The van der Waals surface area contributed by atoms with Crippen molar-refractivity contribution < 1.29 is 5.48 Å². The molecule has 2 N–H and O–H groups in total. The van der Waals surface area contributed by atoms with E-state index in [1.807, 2.05) is 0 Å². The molecule has 0 aliphatic carbocycles. The van der Waals surface area contributed by atoms with E-state index in [1.54, 1.807) is 0 Å². The van der Waals surface area contributed by atoms with Crippen molar-refractivity contribution in [3.05, 3.63) is 35.4 Å². The van der Waals surface area contributed by atoms with Gasteiger partial charge in [-0.25, -0.2) is 0 Å². The summed E-state index contributed by atoms with van der Waals surface area (Å²) in [6.07, 6.45) is 3.81. The Bertz CT molecular complexity index is 279. The van der Waals surface area contributed by atoms with E-state index in [-0.39, 0.29) is 5.48 Å². The zero-order chi connectivity index (χ0) is 11.3. The molecule has 0 saturated carbocycles. The quantitative estimate of drug-likeness (QED) is 0.705. The second-order valence-electron chi connectivity index (χ2n) is 4.81. The van der Waals surface area contributed by atoms with Gasteiger partial charge in [0.1, 0.15) is 0 Å². The summed E-state index contributed by atoms with van der Waals surface area (Å²) in [5.74, 6) is 1.53. The molecule has 2 unspecified atom stereocenters. The first kappa shape index (κ1) is 15.6. The highest BCUT2D eigenvalue weighted by Gasteiger charge is 2.09. The second-order valence-corrected chi connectivity index (χ2v) is 5.29. The van der Waals surface area contributed by atoms with Gasteiger partial charge in [-0.1, -0.05) is 50.1 Å². The van der Waals surface area contributed by atoms with Crippen LogP contribution in [0.15, 0.2) is 24.3 Å². The van der Waals surface area contributed by atoms with E-state index in [4.69, 9.17) is 0 Å². The van der Waals surface area contributed by atoms with Gasteiger partial charge >= 0.3 is 0 Å². The van der Waals surface area contributed by atoms with Crippen LogP contribution in [0, 0.1) is 12.8 Å². The Labute approximate surface area is 102 Å². The lowest BCUT2D eigenvalue weighted by Crippen LogP contribution is -2.02. The fraction of sp³-hybridized carbons (Fsp3) is 0.571. The topological polar surface area (TPSA) is 31.5 Å². The van der Waals surface area contributed by atoms with E-state index in [1.165, 1.54) is 30.1 Å². The van der Waals surface area contributed by atoms with Crippen molar-refractivity contribution in [2.75, 3.05) is 6.16 Å². The number of benzene rings is 1. The van der Waals surface area contributed by atoms with Crippen molar-refractivity contribution in [2.45, 2.75) is 39.5 Å².